The molecule has 0 bridgehead atoms. The van der Waals surface area contributed by atoms with Crippen LogP contribution in [0.1, 0.15) is 37.7 Å². The Morgan fingerprint density at radius 1 is 1.25 bits per heavy atom. The molecule has 4 rings (SSSR count). The lowest BCUT2D eigenvalue weighted by molar-refractivity contribution is -0.115. The predicted molar refractivity (Wildman–Crippen MR) is 94.3 cm³/mol. The van der Waals surface area contributed by atoms with Crippen molar-refractivity contribution in [1.29, 1.82) is 0 Å². The molecule has 1 aliphatic carbocycles. The van der Waals surface area contributed by atoms with Crippen molar-refractivity contribution in [3.63, 3.8) is 0 Å². The molecule has 6 nitrogen and oxygen atoms in total. The number of hydrogen-bond donors (Lipinski definition) is 2. The number of amides is 1. The zero-order chi connectivity index (χ0) is 16.5. The Hall–Kier alpha value is -2.63. The number of aromatic nitrogens is 2. The lowest BCUT2D eigenvalue weighted by Crippen LogP contribution is -2.28. The number of guanidine groups is 1. The lowest BCUT2D eigenvalue weighted by atomic mass is 9.96. The molecule has 24 heavy (non-hydrogen) atoms. The van der Waals surface area contributed by atoms with E-state index in [0.717, 1.165) is 29.4 Å². The Labute approximate surface area is 140 Å². The molecular weight excluding hydrogens is 302 g/mol. The van der Waals surface area contributed by atoms with Crippen LogP contribution in [0.2, 0.25) is 0 Å². The van der Waals surface area contributed by atoms with Crippen molar-refractivity contribution >= 4 is 29.0 Å². The molecule has 1 saturated heterocycles. The fraction of sp³-hybridized carbons (Fsp3) is 0.389. The van der Waals surface area contributed by atoms with Crippen LogP contribution < -0.4 is 10.6 Å². The topological polar surface area (TPSA) is 71.3 Å². The largest absolute Gasteiger partial charge is 0.334 e. The SMILES string of the molecule is Cn1cnc2cc(/C=C3\NC(=NC4CCCCC4)NC3=O)ccc21. The third kappa shape index (κ3) is 2.91. The number of aryl methyl sites for hydroxylation is 1. The van der Waals surface area contributed by atoms with Gasteiger partial charge in [0, 0.05) is 7.05 Å². The number of carbonyl (C=O) groups excluding carboxylic acids is 1. The molecule has 6 heteroatoms. The Morgan fingerprint density at radius 3 is 2.92 bits per heavy atom. The van der Waals surface area contributed by atoms with Gasteiger partial charge in [0.1, 0.15) is 5.70 Å². The number of nitrogens with zero attached hydrogens (tertiary/aromatic N) is 3. The summed E-state index contributed by atoms with van der Waals surface area (Å²) >= 11 is 0. The van der Waals surface area contributed by atoms with Gasteiger partial charge in [0.05, 0.1) is 23.4 Å². The van der Waals surface area contributed by atoms with E-state index < -0.39 is 0 Å². The van der Waals surface area contributed by atoms with Crippen LogP contribution in [-0.4, -0.2) is 27.5 Å². The van der Waals surface area contributed by atoms with Crippen molar-refractivity contribution in [3.8, 4) is 0 Å². The van der Waals surface area contributed by atoms with Crippen molar-refractivity contribution < 1.29 is 4.79 Å². The van der Waals surface area contributed by atoms with E-state index in [1.165, 1.54) is 19.3 Å². The molecule has 2 heterocycles. The maximum absolute atomic E-state index is 12.2. The summed E-state index contributed by atoms with van der Waals surface area (Å²) in [5.74, 6) is 0.447. The molecule has 1 aromatic carbocycles. The minimum absolute atomic E-state index is 0.134. The number of rotatable bonds is 2. The minimum Gasteiger partial charge on any atom is -0.334 e. The summed E-state index contributed by atoms with van der Waals surface area (Å²) in [5, 5.41) is 5.94. The fourth-order valence-corrected chi connectivity index (χ4v) is 3.36. The standard InChI is InChI=1S/C18H21N5O/c1-23-11-19-14-9-12(7-8-16(14)23)10-15-17(24)22-18(21-15)20-13-5-3-2-4-6-13/h7-11,13H,2-6H2,1H3,(H2,20,21,22,24)/b15-10-. The van der Waals surface area contributed by atoms with Crippen molar-refractivity contribution in [2.45, 2.75) is 38.1 Å². The third-order valence-electron chi connectivity index (χ3n) is 4.68. The first-order valence-electron chi connectivity index (χ1n) is 8.48. The lowest BCUT2D eigenvalue weighted by Gasteiger charge is -2.17. The first-order valence-corrected chi connectivity index (χ1v) is 8.48. The zero-order valence-corrected chi connectivity index (χ0v) is 13.7. The summed E-state index contributed by atoms with van der Waals surface area (Å²) in [6.45, 7) is 0. The van der Waals surface area contributed by atoms with Crippen LogP contribution in [0.15, 0.2) is 35.2 Å². The van der Waals surface area contributed by atoms with Crippen molar-refractivity contribution in [1.82, 2.24) is 20.2 Å². The second-order valence-electron chi connectivity index (χ2n) is 6.51. The zero-order valence-electron chi connectivity index (χ0n) is 13.7. The second-order valence-corrected chi connectivity index (χ2v) is 6.51. The molecular formula is C18H21N5O. The van der Waals surface area contributed by atoms with E-state index in [9.17, 15) is 4.79 Å². The molecule has 0 spiro atoms. The highest BCUT2D eigenvalue weighted by Crippen LogP contribution is 2.21. The van der Waals surface area contributed by atoms with Gasteiger partial charge in [-0.15, -0.1) is 0 Å². The van der Waals surface area contributed by atoms with Crippen LogP contribution in [0.5, 0.6) is 0 Å². The van der Waals surface area contributed by atoms with Gasteiger partial charge in [-0.2, -0.15) is 0 Å². The van der Waals surface area contributed by atoms with Crippen molar-refractivity contribution in [3.05, 3.63) is 35.8 Å². The molecule has 0 atom stereocenters. The molecule has 0 radical (unpaired) electrons. The van der Waals surface area contributed by atoms with Gasteiger partial charge in [0.25, 0.3) is 5.91 Å². The van der Waals surface area contributed by atoms with Crippen LogP contribution in [0.25, 0.3) is 17.1 Å². The van der Waals surface area contributed by atoms with Gasteiger partial charge < -0.3 is 9.88 Å². The van der Waals surface area contributed by atoms with Crippen molar-refractivity contribution in [2.24, 2.45) is 12.0 Å². The Balaban J connectivity index is 1.55. The average molecular weight is 323 g/mol. The molecule has 1 aromatic heterocycles. The maximum atomic E-state index is 12.2. The van der Waals surface area contributed by atoms with Gasteiger partial charge in [-0.3, -0.25) is 10.1 Å². The van der Waals surface area contributed by atoms with E-state index in [4.69, 9.17) is 0 Å². The number of carbonyl (C=O) groups is 1. The van der Waals surface area contributed by atoms with Gasteiger partial charge >= 0.3 is 0 Å². The van der Waals surface area contributed by atoms with Crippen LogP contribution >= 0.6 is 0 Å². The maximum Gasteiger partial charge on any atom is 0.274 e. The normalized spacial score (nSPS) is 22.3. The third-order valence-corrected chi connectivity index (χ3v) is 4.68. The highest BCUT2D eigenvalue weighted by molar-refractivity contribution is 6.15. The van der Waals surface area contributed by atoms with Gasteiger partial charge in [-0.25, -0.2) is 9.98 Å². The van der Waals surface area contributed by atoms with Gasteiger partial charge in [0.15, 0.2) is 0 Å². The monoisotopic (exact) mass is 323 g/mol. The Morgan fingerprint density at radius 2 is 2.08 bits per heavy atom. The number of hydrogen-bond acceptors (Lipinski definition) is 3. The van der Waals surface area contributed by atoms with Gasteiger partial charge in [-0.1, -0.05) is 25.3 Å². The second kappa shape index (κ2) is 6.11. The molecule has 2 aromatic rings. The molecule has 2 aliphatic rings. The smallest absolute Gasteiger partial charge is 0.274 e. The van der Waals surface area contributed by atoms with Crippen LogP contribution in [-0.2, 0) is 11.8 Å². The Bertz CT molecular complexity index is 842. The average Bonchev–Trinajstić information content (AvgIpc) is 3.11. The first kappa shape index (κ1) is 14.9. The van der Waals surface area contributed by atoms with Crippen LogP contribution in [0.3, 0.4) is 0 Å². The molecule has 124 valence electrons. The highest BCUT2D eigenvalue weighted by atomic mass is 16.2. The molecule has 2 N–H and O–H groups in total. The summed E-state index contributed by atoms with van der Waals surface area (Å²) in [4.78, 5) is 21.2. The number of nitrogens with one attached hydrogen (secondary N) is 2. The molecule has 1 amide bonds. The summed E-state index contributed by atoms with van der Waals surface area (Å²) in [6.07, 6.45) is 9.59. The van der Waals surface area contributed by atoms with E-state index >= 15 is 0 Å². The number of fused-ring (bicyclic) bond motifs is 1. The fourth-order valence-electron chi connectivity index (χ4n) is 3.36. The van der Waals surface area contributed by atoms with E-state index in [-0.39, 0.29) is 5.91 Å². The number of benzene rings is 1. The highest BCUT2D eigenvalue weighted by Gasteiger charge is 2.23. The number of imidazole rings is 1. The van der Waals surface area contributed by atoms with E-state index in [1.807, 2.05) is 35.9 Å². The summed E-state index contributed by atoms with van der Waals surface area (Å²) in [5.41, 5.74) is 3.46. The molecule has 1 saturated carbocycles. The minimum atomic E-state index is -0.134. The van der Waals surface area contributed by atoms with Crippen LogP contribution in [0.4, 0.5) is 0 Å². The summed E-state index contributed by atoms with van der Waals surface area (Å²) in [6, 6.07) is 6.31. The van der Waals surface area contributed by atoms with Crippen LogP contribution in [0, 0.1) is 0 Å². The summed E-state index contributed by atoms with van der Waals surface area (Å²) in [7, 11) is 1.97. The predicted octanol–water partition coefficient (Wildman–Crippen LogP) is 2.32. The first-order chi connectivity index (χ1) is 11.7. The molecule has 2 fully saturated rings. The van der Waals surface area contributed by atoms with Crippen molar-refractivity contribution in [2.75, 3.05) is 0 Å². The van der Waals surface area contributed by atoms with E-state index in [0.29, 0.717) is 17.7 Å². The van der Waals surface area contributed by atoms with E-state index in [1.54, 1.807) is 6.33 Å². The number of aliphatic imine (C=N–C) groups is 1. The van der Waals surface area contributed by atoms with E-state index in [2.05, 4.69) is 20.6 Å². The quantitative estimate of drug-likeness (QED) is 0.833. The Kier molecular flexibility index (Phi) is 3.80. The summed E-state index contributed by atoms with van der Waals surface area (Å²) < 4.78 is 1.97. The van der Waals surface area contributed by atoms with Gasteiger partial charge in [-0.05, 0) is 36.6 Å². The molecule has 0 unspecified atom stereocenters. The molecule has 1 aliphatic heterocycles. The van der Waals surface area contributed by atoms with Gasteiger partial charge in [0.2, 0.25) is 5.96 Å².